The van der Waals surface area contributed by atoms with Gasteiger partial charge in [0.05, 0.1) is 23.2 Å². The van der Waals surface area contributed by atoms with Crippen LogP contribution in [0.2, 0.25) is 0 Å². The van der Waals surface area contributed by atoms with E-state index in [0.29, 0.717) is 25.3 Å². The standard InChI is InChI=1S/C20H22N6O2/c1-25-18-6-5-14(12-16(18)24-20(25)21-9-11-28-2)19(27)22-13-15-4-3-10-26-17(15)7-8-23-26/h3-8,10,12H,9,11,13H2,1-2H3,(H,21,24)(H,22,27). The Balaban J connectivity index is 1.50. The highest BCUT2D eigenvalue weighted by molar-refractivity contribution is 5.97. The summed E-state index contributed by atoms with van der Waals surface area (Å²) in [6.45, 7) is 1.70. The highest BCUT2D eigenvalue weighted by Crippen LogP contribution is 2.20. The van der Waals surface area contributed by atoms with E-state index in [2.05, 4.69) is 20.7 Å². The third-order valence-corrected chi connectivity index (χ3v) is 4.70. The van der Waals surface area contributed by atoms with Gasteiger partial charge in [0.15, 0.2) is 0 Å². The summed E-state index contributed by atoms with van der Waals surface area (Å²) < 4.78 is 8.81. The lowest BCUT2D eigenvalue weighted by Gasteiger charge is -2.07. The highest BCUT2D eigenvalue weighted by Gasteiger charge is 2.12. The average Bonchev–Trinajstić information content (AvgIpc) is 3.31. The molecular formula is C20H22N6O2. The van der Waals surface area contributed by atoms with Crippen LogP contribution in [0.25, 0.3) is 16.6 Å². The Morgan fingerprint density at radius 3 is 2.96 bits per heavy atom. The summed E-state index contributed by atoms with van der Waals surface area (Å²) in [4.78, 5) is 17.2. The van der Waals surface area contributed by atoms with Gasteiger partial charge in [-0.25, -0.2) is 9.50 Å². The van der Waals surface area contributed by atoms with Gasteiger partial charge >= 0.3 is 0 Å². The molecule has 0 bridgehead atoms. The first kappa shape index (κ1) is 18.0. The minimum atomic E-state index is -0.136. The van der Waals surface area contributed by atoms with Gasteiger partial charge < -0.3 is 19.9 Å². The molecule has 0 unspecified atom stereocenters. The minimum absolute atomic E-state index is 0.136. The molecule has 4 aromatic rings. The predicted octanol–water partition coefficient (Wildman–Crippen LogP) is 2.21. The van der Waals surface area contributed by atoms with E-state index in [-0.39, 0.29) is 5.91 Å². The molecule has 4 rings (SSSR count). The fraction of sp³-hybridized carbons (Fsp3) is 0.250. The van der Waals surface area contributed by atoms with Crippen LogP contribution in [0.5, 0.6) is 0 Å². The molecule has 3 aromatic heterocycles. The van der Waals surface area contributed by atoms with E-state index in [4.69, 9.17) is 4.74 Å². The van der Waals surface area contributed by atoms with Gasteiger partial charge in [-0.1, -0.05) is 6.07 Å². The molecule has 2 N–H and O–H groups in total. The number of fused-ring (bicyclic) bond motifs is 2. The molecule has 1 amide bonds. The molecule has 0 saturated heterocycles. The maximum Gasteiger partial charge on any atom is 0.251 e. The van der Waals surface area contributed by atoms with Crippen molar-refractivity contribution in [3.8, 4) is 0 Å². The molecule has 0 aliphatic carbocycles. The first-order valence-corrected chi connectivity index (χ1v) is 9.06. The third kappa shape index (κ3) is 3.41. The average molecular weight is 378 g/mol. The van der Waals surface area contributed by atoms with Gasteiger partial charge in [0.2, 0.25) is 5.95 Å². The van der Waals surface area contributed by atoms with Crippen molar-refractivity contribution in [2.24, 2.45) is 7.05 Å². The largest absolute Gasteiger partial charge is 0.383 e. The van der Waals surface area contributed by atoms with Crippen molar-refractivity contribution in [2.75, 3.05) is 25.6 Å². The Bertz CT molecular complexity index is 1130. The van der Waals surface area contributed by atoms with Crippen LogP contribution in [0, 0.1) is 0 Å². The lowest BCUT2D eigenvalue weighted by atomic mass is 10.1. The number of anilines is 1. The molecule has 0 radical (unpaired) electrons. The lowest BCUT2D eigenvalue weighted by Crippen LogP contribution is -2.23. The van der Waals surface area contributed by atoms with Gasteiger partial charge in [0, 0.05) is 45.2 Å². The van der Waals surface area contributed by atoms with Crippen molar-refractivity contribution >= 4 is 28.4 Å². The Labute approximate surface area is 162 Å². The van der Waals surface area contributed by atoms with Crippen LogP contribution >= 0.6 is 0 Å². The number of imidazole rings is 1. The number of pyridine rings is 1. The van der Waals surface area contributed by atoms with Crippen molar-refractivity contribution in [2.45, 2.75) is 6.54 Å². The van der Waals surface area contributed by atoms with Gasteiger partial charge in [-0.2, -0.15) is 5.10 Å². The van der Waals surface area contributed by atoms with E-state index in [9.17, 15) is 4.79 Å². The van der Waals surface area contributed by atoms with E-state index >= 15 is 0 Å². The molecule has 8 heteroatoms. The van der Waals surface area contributed by atoms with Crippen LogP contribution in [-0.2, 0) is 18.3 Å². The van der Waals surface area contributed by atoms with Crippen molar-refractivity contribution < 1.29 is 9.53 Å². The molecule has 0 aliphatic rings. The van der Waals surface area contributed by atoms with Crippen molar-refractivity contribution in [1.82, 2.24) is 24.5 Å². The summed E-state index contributed by atoms with van der Waals surface area (Å²) in [5, 5.41) is 10.4. The zero-order chi connectivity index (χ0) is 19.5. The molecular weight excluding hydrogens is 356 g/mol. The molecule has 0 saturated carbocycles. The van der Waals surface area contributed by atoms with E-state index in [1.807, 2.05) is 54.2 Å². The monoisotopic (exact) mass is 378 g/mol. The van der Waals surface area contributed by atoms with Gasteiger partial charge in [-0.15, -0.1) is 0 Å². The number of amides is 1. The highest BCUT2D eigenvalue weighted by atomic mass is 16.5. The number of rotatable bonds is 7. The van der Waals surface area contributed by atoms with Crippen LogP contribution in [0.15, 0.2) is 48.8 Å². The van der Waals surface area contributed by atoms with E-state index in [0.717, 1.165) is 28.1 Å². The van der Waals surface area contributed by atoms with Gasteiger partial charge in [0.25, 0.3) is 5.91 Å². The Kier molecular flexibility index (Phi) is 4.94. The fourth-order valence-electron chi connectivity index (χ4n) is 3.20. The van der Waals surface area contributed by atoms with E-state index in [1.165, 1.54) is 0 Å². The first-order chi connectivity index (χ1) is 13.7. The second kappa shape index (κ2) is 7.69. The Hall–Kier alpha value is -3.39. The number of carbonyl (C=O) groups is 1. The zero-order valence-corrected chi connectivity index (χ0v) is 15.8. The third-order valence-electron chi connectivity index (χ3n) is 4.70. The second-order valence-corrected chi connectivity index (χ2v) is 6.49. The molecule has 144 valence electrons. The molecule has 28 heavy (non-hydrogen) atoms. The number of methoxy groups -OCH3 is 1. The maximum absolute atomic E-state index is 12.6. The number of ether oxygens (including phenoxy) is 1. The van der Waals surface area contributed by atoms with Gasteiger partial charge in [-0.3, -0.25) is 4.79 Å². The number of aromatic nitrogens is 4. The SMILES string of the molecule is COCCNc1nc2cc(C(=O)NCc3cccn4nccc34)ccc2n1C. The van der Waals surface area contributed by atoms with Gasteiger partial charge in [0.1, 0.15) is 0 Å². The van der Waals surface area contributed by atoms with Crippen LogP contribution in [-0.4, -0.2) is 45.3 Å². The van der Waals surface area contributed by atoms with Crippen molar-refractivity contribution in [3.63, 3.8) is 0 Å². The quantitative estimate of drug-likeness (QED) is 0.482. The summed E-state index contributed by atoms with van der Waals surface area (Å²) in [5.41, 5.74) is 4.30. The van der Waals surface area contributed by atoms with Crippen molar-refractivity contribution in [1.29, 1.82) is 0 Å². The summed E-state index contributed by atoms with van der Waals surface area (Å²) in [6, 6.07) is 11.4. The zero-order valence-electron chi connectivity index (χ0n) is 15.8. The molecule has 0 spiro atoms. The second-order valence-electron chi connectivity index (χ2n) is 6.49. The predicted molar refractivity (Wildman–Crippen MR) is 107 cm³/mol. The molecule has 0 fully saturated rings. The number of aryl methyl sites for hydroxylation is 1. The summed E-state index contributed by atoms with van der Waals surface area (Å²) in [5.74, 6) is 0.611. The number of nitrogens with zero attached hydrogens (tertiary/aromatic N) is 4. The topological polar surface area (TPSA) is 85.5 Å². The molecule has 8 nitrogen and oxygen atoms in total. The molecule has 1 aromatic carbocycles. The molecule has 0 aliphatic heterocycles. The first-order valence-electron chi connectivity index (χ1n) is 9.06. The van der Waals surface area contributed by atoms with Gasteiger partial charge in [-0.05, 0) is 35.9 Å². The normalized spacial score (nSPS) is 11.2. The molecule has 0 atom stereocenters. The molecule has 3 heterocycles. The summed E-state index contributed by atoms with van der Waals surface area (Å²) >= 11 is 0. The number of nitrogens with one attached hydrogen (secondary N) is 2. The Morgan fingerprint density at radius 2 is 2.11 bits per heavy atom. The minimum Gasteiger partial charge on any atom is -0.383 e. The van der Waals surface area contributed by atoms with E-state index in [1.54, 1.807) is 17.8 Å². The summed E-state index contributed by atoms with van der Waals surface area (Å²) in [6.07, 6.45) is 3.63. The van der Waals surface area contributed by atoms with Crippen molar-refractivity contribution in [3.05, 3.63) is 59.9 Å². The number of hydrogen-bond donors (Lipinski definition) is 2. The fourth-order valence-corrected chi connectivity index (χ4v) is 3.20. The Morgan fingerprint density at radius 1 is 1.21 bits per heavy atom. The number of carbonyl (C=O) groups excluding carboxylic acids is 1. The van der Waals surface area contributed by atoms with Crippen LogP contribution in [0.3, 0.4) is 0 Å². The smallest absolute Gasteiger partial charge is 0.251 e. The number of benzene rings is 1. The number of hydrogen-bond acceptors (Lipinski definition) is 5. The van der Waals surface area contributed by atoms with Crippen LogP contribution < -0.4 is 10.6 Å². The lowest BCUT2D eigenvalue weighted by molar-refractivity contribution is 0.0951. The maximum atomic E-state index is 12.6. The summed E-state index contributed by atoms with van der Waals surface area (Å²) in [7, 11) is 3.60. The van der Waals surface area contributed by atoms with E-state index < -0.39 is 0 Å². The van der Waals surface area contributed by atoms with Crippen LogP contribution in [0.1, 0.15) is 15.9 Å². The van der Waals surface area contributed by atoms with Crippen LogP contribution in [0.4, 0.5) is 5.95 Å².